The molecule has 0 unspecified atom stereocenters. The molecule has 1 aromatic heterocycles. The van der Waals surface area contributed by atoms with E-state index in [0.29, 0.717) is 15.6 Å². The van der Waals surface area contributed by atoms with Gasteiger partial charge in [-0.2, -0.15) is 5.26 Å². The molecular formula is C17H17ClN2OS. The molecule has 22 heavy (non-hydrogen) atoms. The molecule has 0 bridgehead atoms. The Morgan fingerprint density at radius 1 is 1.32 bits per heavy atom. The van der Waals surface area contributed by atoms with Crippen molar-refractivity contribution in [2.75, 3.05) is 5.32 Å². The second kappa shape index (κ2) is 6.51. The van der Waals surface area contributed by atoms with E-state index in [2.05, 4.69) is 32.2 Å². The molecular weight excluding hydrogens is 316 g/mol. The van der Waals surface area contributed by atoms with Crippen molar-refractivity contribution >= 4 is 33.8 Å². The first-order valence-electron chi connectivity index (χ1n) is 6.87. The van der Waals surface area contributed by atoms with Crippen LogP contribution in [-0.2, 0) is 16.6 Å². The van der Waals surface area contributed by atoms with Crippen molar-refractivity contribution < 1.29 is 4.79 Å². The fraction of sp³-hybridized carbons (Fsp3) is 0.294. The predicted octanol–water partition coefficient (Wildman–Crippen LogP) is 4.75. The van der Waals surface area contributed by atoms with Gasteiger partial charge in [-0.25, -0.2) is 0 Å². The normalized spacial score (nSPS) is 11.0. The van der Waals surface area contributed by atoms with Crippen LogP contribution in [0.1, 0.15) is 37.5 Å². The van der Waals surface area contributed by atoms with E-state index in [0.717, 1.165) is 11.1 Å². The van der Waals surface area contributed by atoms with Gasteiger partial charge < -0.3 is 5.32 Å². The average molecular weight is 333 g/mol. The molecule has 1 aromatic carbocycles. The van der Waals surface area contributed by atoms with Crippen LogP contribution in [0.25, 0.3) is 0 Å². The maximum atomic E-state index is 12.1. The van der Waals surface area contributed by atoms with E-state index < -0.39 is 0 Å². The molecule has 0 spiro atoms. The highest BCUT2D eigenvalue weighted by Gasteiger charge is 2.23. The minimum Gasteiger partial charge on any atom is -0.316 e. The van der Waals surface area contributed by atoms with Crippen LogP contribution >= 0.6 is 22.9 Å². The zero-order valence-electron chi connectivity index (χ0n) is 12.7. The summed E-state index contributed by atoms with van der Waals surface area (Å²) in [4.78, 5) is 12.1. The smallest absolute Gasteiger partial charge is 0.229 e. The molecule has 5 heteroatoms. The third kappa shape index (κ3) is 3.88. The van der Waals surface area contributed by atoms with Gasteiger partial charge in [-0.05, 0) is 34.1 Å². The zero-order chi connectivity index (χ0) is 16.3. The minimum atomic E-state index is -0.138. The monoisotopic (exact) mass is 332 g/mol. The lowest BCUT2D eigenvalue weighted by molar-refractivity contribution is -0.115. The Labute approximate surface area is 139 Å². The molecule has 0 saturated heterocycles. The number of hydrogen-bond acceptors (Lipinski definition) is 3. The summed E-state index contributed by atoms with van der Waals surface area (Å²) in [7, 11) is 0. The number of nitrogens with zero attached hydrogens (tertiary/aromatic N) is 1. The fourth-order valence-electron chi connectivity index (χ4n) is 2.07. The number of amides is 1. The third-order valence-electron chi connectivity index (χ3n) is 3.24. The van der Waals surface area contributed by atoms with Crippen LogP contribution < -0.4 is 5.32 Å². The molecule has 0 radical (unpaired) electrons. The minimum absolute atomic E-state index is 0.124. The molecule has 0 aliphatic heterocycles. The number of halogens is 1. The molecule has 1 amide bonds. The SMILES string of the molecule is CC(C)(C)c1csc(NC(=O)Cc2ccc(Cl)cc2)c1C#N. The standard InChI is InChI=1S/C17H17ClN2OS/c1-17(2,3)14-10-22-16(13(14)9-19)20-15(21)8-11-4-6-12(18)7-5-11/h4-7,10H,8H2,1-3H3,(H,20,21). The maximum absolute atomic E-state index is 12.1. The summed E-state index contributed by atoms with van der Waals surface area (Å²) < 4.78 is 0. The molecule has 114 valence electrons. The van der Waals surface area contributed by atoms with Gasteiger partial charge in [0.15, 0.2) is 0 Å². The first-order valence-corrected chi connectivity index (χ1v) is 8.13. The summed E-state index contributed by atoms with van der Waals surface area (Å²) in [6.07, 6.45) is 0.255. The fourth-order valence-corrected chi connectivity index (χ4v) is 3.35. The molecule has 2 rings (SSSR count). The van der Waals surface area contributed by atoms with Crippen LogP contribution in [0.4, 0.5) is 5.00 Å². The number of nitrogens with one attached hydrogen (secondary N) is 1. The van der Waals surface area contributed by atoms with E-state index in [1.54, 1.807) is 12.1 Å². The molecule has 0 aliphatic carbocycles. The first kappa shape index (κ1) is 16.5. The number of nitriles is 1. The molecule has 1 N–H and O–H groups in total. The van der Waals surface area contributed by atoms with E-state index in [1.807, 2.05) is 17.5 Å². The number of hydrogen-bond donors (Lipinski definition) is 1. The molecule has 0 atom stereocenters. The quantitative estimate of drug-likeness (QED) is 0.881. The van der Waals surface area contributed by atoms with E-state index in [-0.39, 0.29) is 17.7 Å². The molecule has 0 saturated carbocycles. The second-order valence-corrected chi connectivity index (χ2v) is 7.38. The Kier molecular flexibility index (Phi) is 4.90. The average Bonchev–Trinajstić information content (AvgIpc) is 2.84. The van der Waals surface area contributed by atoms with Gasteiger partial charge in [-0.15, -0.1) is 11.3 Å². The van der Waals surface area contributed by atoms with Gasteiger partial charge >= 0.3 is 0 Å². The summed E-state index contributed by atoms with van der Waals surface area (Å²) in [5, 5.41) is 15.4. The van der Waals surface area contributed by atoms with Crippen molar-refractivity contribution in [3.8, 4) is 6.07 Å². The van der Waals surface area contributed by atoms with E-state index in [9.17, 15) is 10.1 Å². The highest BCUT2D eigenvalue weighted by molar-refractivity contribution is 7.14. The summed E-state index contributed by atoms with van der Waals surface area (Å²) in [6, 6.07) is 9.36. The number of carbonyl (C=O) groups excluding carboxylic acids is 1. The highest BCUT2D eigenvalue weighted by atomic mass is 35.5. The van der Waals surface area contributed by atoms with E-state index >= 15 is 0 Å². The Balaban J connectivity index is 2.14. The number of anilines is 1. The van der Waals surface area contributed by atoms with Crippen molar-refractivity contribution in [2.45, 2.75) is 32.6 Å². The van der Waals surface area contributed by atoms with Crippen molar-refractivity contribution in [3.63, 3.8) is 0 Å². The third-order valence-corrected chi connectivity index (χ3v) is 4.39. The van der Waals surface area contributed by atoms with Crippen LogP contribution in [0.5, 0.6) is 0 Å². The number of rotatable bonds is 3. The van der Waals surface area contributed by atoms with Crippen molar-refractivity contribution in [1.82, 2.24) is 0 Å². The predicted molar refractivity (Wildman–Crippen MR) is 91.5 cm³/mol. The lowest BCUT2D eigenvalue weighted by atomic mass is 9.86. The first-order chi connectivity index (χ1) is 10.3. The molecule has 1 heterocycles. The Bertz CT molecular complexity index is 721. The number of thiophene rings is 1. The Morgan fingerprint density at radius 3 is 2.50 bits per heavy atom. The Hall–Kier alpha value is -1.83. The van der Waals surface area contributed by atoms with Crippen LogP contribution in [-0.4, -0.2) is 5.91 Å². The van der Waals surface area contributed by atoms with Gasteiger partial charge in [-0.1, -0.05) is 44.5 Å². The summed E-state index contributed by atoms with van der Waals surface area (Å²) in [6.45, 7) is 6.15. The number of benzene rings is 1. The molecule has 0 aliphatic rings. The van der Waals surface area contributed by atoms with Gasteiger partial charge in [0.1, 0.15) is 11.1 Å². The van der Waals surface area contributed by atoms with Crippen LogP contribution in [0.2, 0.25) is 5.02 Å². The maximum Gasteiger partial charge on any atom is 0.229 e. The lowest BCUT2D eigenvalue weighted by Crippen LogP contribution is -2.16. The van der Waals surface area contributed by atoms with Crippen LogP contribution in [0, 0.1) is 11.3 Å². The Morgan fingerprint density at radius 2 is 1.95 bits per heavy atom. The van der Waals surface area contributed by atoms with Crippen molar-refractivity contribution in [1.29, 1.82) is 5.26 Å². The molecule has 3 nitrogen and oxygen atoms in total. The summed E-state index contributed by atoms with van der Waals surface area (Å²) in [5.41, 5.74) is 2.28. The van der Waals surface area contributed by atoms with Gasteiger partial charge in [0.25, 0.3) is 0 Å². The van der Waals surface area contributed by atoms with Gasteiger partial charge in [0.2, 0.25) is 5.91 Å². The van der Waals surface area contributed by atoms with Crippen LogP contribution in [0.3, 0.4) is 0 Å². The van der Waals surface area contributed by atoms with Gasteiger partial charge in [-0.3, -0.25) is 4.79 Å². The lowest BCUT2D eigenvalue weighted by Gasteiger charge is -2.17. The largest absolute Gasteiger partial charge is 0.316 e. The van der Waals surface area contributed by atoms with Gasteiger partial charge in [0.05, 0.1) is 12.0 Å². The molecule has 0 fully saturated rings. The van der Waals surface area contributed by atoms with E-state index in [1.165, 1.54) is 11.3 Å². The highest BCUT2D eigenvalue weighted by Crippen LogP contribution is 2.35. The second-order valence-electron chi connectivity index (χ2n) is 6.07. The van der Waals surface area contributed by atoms with Crippen LogP contribution in [0.15, 0.2) is 29.6 Å². The topological polar surface area (TPSA) is 52.9 Å². The molecule has 2 aromatic rings. The van der Waals surface area contributed by atoms with Crippen molar-refractivity contribution in [3.05, 3.63) is 51.4 Å². The van der Waals surface area contributed by atoms with Gasteiger partial charge in [0, 0.05) is 5.02 Å². The van der Waals surface area contributed by atoms with E-state index in [4.69, 9.17) is 11.6 Å². The summed E-state index contributed by atoms with van der Waals surface area (Å²) >= 11 is 7.22. The zero-order valence-corrected chi connectivity index (χ0v) is 14.3. The van der Waals surface area contributed by atoms with Crippen molar-refractivity contribution in [2.24, 2.45) is 0 Å². The number of carbonyl (C=O) groups is 1. The summed E-state index contributed by atoms with van der Waals surface area (Å²) in [5.74, 6) is -0.138.